The maximum absolute atomic E-state index is 11.8. The largest absolute Gasteiger partial charge is 0.450 e. The van der Waals surface area contributed by atoms with Crippen LogP contribution in [-0.4, -0.2) is 18.5 Å². The summed E-state index contributed by atoms with van der Waals surface area (Å²) >= 11 is 3.09. The van der Waals surface area contributed by atoms with Gasteiger partial charge in [0.2, 0.25) is 5.76 Å². The predicted molar refractivity (Wildman–Crippen MR) is 84.4 cm³/mol. The van der Waals surface area contributed by atoms with Crippen molar-refractivity contribution in [2.45, 2.75) is 19.9 Å². The monoisotopic (exact) mass is 365 g/mol. The molecule has 1 atom stereocenters. The fourth-order valence-corrected chi connectivity index (χ4v) is 2.15. The van der Waals surface area contributed by atoms with E-state index < -0.39 is 5.97 Å². The zero-order valence-electron chi connectivity index (χ0n) is 12.3. The number of hydrogen-bond donors (Lipinski definition) is 1. The van der Waals surface area contributed by atoms with Gasteiger partial charge in [-0.3, -0.25) is 4.79 Å². The summed E-state index contributed by atoms with van der Waals surface area (Å²) in [5, 5.41) is 2.77. The summed E-state index contributed by atoms with van der Waals surface area (Å²) in [4.78, 5) is 23.4. The van der Waals surface area contributed by atoms with E-state index in [0.717, 1.165) is 11.1 Å². The Morgan fingerprint density at radius 2 is 1.91 bits per heavy atom. The minimum absolute atomic E-state index is 0.0475. The van der Waals surface area contributed by atoms with Crippen LogP contribution in [0.15, 0.2) is 45.5 Å². The molecule has 1 aromatic carbocycles. The first kappa shape index (κ1) is 16.3. The Morgan fingerprint density at radius 3 is 2.50 bits per heavy atom. The van der Waals surface area contributed by atoms with Gasteiger partial charge in [0.05, 0.1) is 6.04 Å². The fourth-order valence-electron chi connectivity index (χ4n) is 1.85. The van der Waals surface area contributed by atoms with Crippen molar-refractivity contribution in [1.82, 2.24) is 5.32 Å². The van der Waals surface area contributed by atoms with Crippen molar-refractivity contribution >= 4 is 27.8 Å². The molecule has 1 unspecified atom stereocenters. The fraction of sp³-hybridized carbons (Fsp3) is 0.250. The third-order valence-electron chi connectivity index (χ3n) is 3.06. The van der Waals surface area contributed by atoms with Crippen LogP contribution in [0.5, 0.6) is 0 Å². The van der Waals surface area contributed by atoms with E-state index in [9.17, 15) is 9.59 Å². The van der Waals surface area contributed by atoms with Gasteiger partial charge in [0.15, 0.2) is 11.3 Å². The molecule has 116 valence electrons. The van der Waals surface area contributed by atoms with Crippen LogP contribution in [0.3, 0.4) is 0 Å². The number of carbonyl (C=O) groups is 2. The Kier molecular flexibility index (Phi) is 5.38. The standard InChI is InChI=1S/C16H16BrNO4/c1-10-3-5-12(6-4-10)11(2)18-15(19)9-21-16(20)13-7-8-14(17)22-13/h3-8,11H,9H2,1-2H3,(H,18,19). The predicted octanol–water partition coefficient (Wildman–Crippen LogP) is 3.38. The van der Waals surface area contributed by atoms with Crippen LogP contribution in [0.2, 0.25) is 0 Å². The number of halogens is 1. The first-order chi connectivity index (χ1) is 10.5. The van der Waals surface area contributed by atoms with Crippen LogP contribution in [0.25, 0.3) is 0 Å². The molecule has 1 aromatic heterocycles. The van der Waals surface area contributed by atoms with Gasteiger partial charge in [-0.1, -0.05) is 29.8 Å². The van der Waals surface area contributed by atoms with E-state index in [-0.39, 0.29) is 24.3 Å². The molecule has 2 rings (SSSR count). The highest BCUT2D eigenvalue weighted by Crippen LogP contribution is 2.15. The molecular formula is C16H16BrNO4. The van der Waals surface area contributed by atoms with Crippen LogP contribution < -0.4 is 5.32 Å². The average molecular weight is 366 g/mol. The lowest BCUT2D eigenvalue weighted by atomic mass is 10.1. The van der Waals surface area contributed by atoms with E-state index in [1.807, 2.05) is 38.1 Å². The van der Waals surface area contributed by atoms with Crippen LogP contribution in [0, 0.1) is 6.92 Å². The van der Waals surface area contributed by atoms with Crippen molar-refractivity contribution in [3.05, 3.63) is 58.0 Å². The molecule has 1 N–H and O–H groups in total. The number of benzene rings is 1. The molecule has 22 heavy (non-hydrogen) atoms. The summed E-state index contributed by atoms with van der Waals surface area (Å²) in [5.74, 6) is -0.998. The molecule has 0 bridgehead atoms. The minimum atomic E-state index is -0.677. The second-order valence-electron chi connectivity index (χ2n) is 4.88. The number of aryl methyl sites for hydroxylation is 1. The number of ether oxygens (including phenoxy) is 1. The summed E-state index contributed by atoms with van der Waals surface area (Å²) in [6.45, 7) is 3.51. The molecule has 0 aliphatic rings. The molecule has 1 heterocycles. The number of hydrogen-bond acceptors (Lipinski definition) is 4. The smallest absolute Gasteiger partial charge is 0.374 e. The van der Waals surface area contributed by atoms with E-state index in [2.05, 4.69) is 21.2 Å². The van der Waals surface area contributed by atoms with Gasteiger partial charge >= 0.3 is 5.97 Å². The number of rotatable bonds is 5. The summed E-state index contributed by atoms with van der Waals surface area (Å²) in [7, 11) is 0. The van der Waals surface area contributed by atoms with Crippen molar-refractivity contribution in [1.29, 1.82) is 0 Å². The molecule has 0 aliphatic carbocycles. The average Bonchev–Trinajstić information content (AvgIpc) is 2.92. The summed E-state index contributed by atoms with van der Waals surface area (Å²) < 4.78 is 10.4. The zero-order valence-corrected chi connectivity index (χ0v) is 13.8. The Labute approximate surface area is 136 Å². The molecule has 0 radical (unpaired) electrons. The lowest BCUT2D eigenvalue weighted by molar-refractivity contribution is -0.124. The van der Waals surface area contributed by atoms with Gasteiger partial charge in [-0.15, -0.1) is 0 Å². The van der Waals surface area contributed by atoms with Crippen LogP contribution >= 0.6 is 15.9 Å². The van der Waals surface area contributed by atoms with Gasteiger partial charge in [0.25, 0.3) is 5.91 Å². The lowest BCUT2D eigenvalue weighted by Crippen LogP contribution is -2.31. The van der Waals surface area contributed by atoms with Gasteiger partial charge in [-0.25, -0.2) is 4.79 Å². The molecular weight excluding hydrogens is 350 g/mol. The highest BCUT2D eigenvalue weighted by atomic mass is 79.9. The van der Waals surface area contributed by atoms with E-state index in [0.29, 0.717) is 4.67 Å². The highest BCUT2D eigenvalue weighted by molar-refractivity contribution is 9.10. The third kappa shape index (κ3) is 4.46. The SMILES string of the molecule is Cc1ccc(C(C)NC(=O)COC(=O)c2ccc(Br)o2)cc1. The maximum Gasteiger partial charge on any atom is 0.374 e. The first-order valence-electron chi connectivity index (χ1n) is 6.74. The first-order valence-corrected chi connectivity index (χ1v) is 7.53. The van der Waals surface area contributed by atoms with Crippen LogP contribution in [0.1, 0.15) is 34.6 Å². The zero-order chi connectivity index (χ0) is 16.1. The number of amides is 1. The summed E-state index contributed by atoms with van der Waals surface area (Å²) in [6.07, 6.45) is 0. The van der Waals surface area contributed by atoms with Gasteiger partial charge in [0.1, 0.15) is 0 Å². The van der Waals surface area contributed by atoms with Crippen LogP contribution in [-0.2, 0) is 9.53 Å². The third-order valence-corrected chi connectivity index (χ3v) is 3.49. The second kappa shape index (κ2) is 7.26. The highest BCUT2D eigenvalue weighted by Gasteiger charge is 2.15. The molecule has 0 spiro atoms. The van der Waals surface area contributed by atoms with E-state index in [1.165, 1.54) is 6.07 Å². The van der Waals surface area contributed by atoms with Crippen molar-refractivity contribution < 1.29 is 18.7 Å². The number of carbonyl (C=O) groups excluding carboxylic acids is 2. The molecule has 6 heteroatoms. The van der Waals surface area contributed by atoms with Gasteiger partial charge in [0, 0.05) is 0 Å². The van der Waals surface area contributed by atoms with Crippen LogP contribution in [0.4, 0.5) is 0 Å². The molecule has 0 saturated carbocycles. The van der Waals surface area contributed by atoms with E-state index in [1.54, 1.807) is 6.07 Å². The number of esters is 1. The van der Waals surface area contributed by atoms with Crippen molar-refractivity contribution in [3.8, 4) is 0 Å². The van der Waals surface area contributed by atoms with E-state index >= 15 is 0 Å². The van der Waals surface area contributed by atoms with Gasteiger partial charge in [-0.2, -0.15) is 0 Å². The molecule has 0 fully saturated rings. The van der Waals surface area contributed by atoms with Crippen molar-refractivity contribution in [2.75, 3.05) is 6.61 Å². The minimum Gasteiger partial charge on any atom is -0.450 e. The Hall–Kier alpha value is -2.08. The lowest BCUT2D eigenvalue weighted by Gasteiger charge is -2.14. The maximum atomic E-state index is 11.8. The summed E-state index contributed by atoms with van der Waals surface area (Å²) in [5.41, 5.74) is 2.14. The van der Waals surface area contributed by atoms with Gasteiger partial charge < -0.3 is 14.5 Å². The molecule has 2 aromatic rings. The Bertz CT molecular complexity index is 663. The quantitative estimate of drug-likeness (QED) is 0.824. The van der Waals surface area contributed by atoms with Crippen molar-refractivity contribution in [2.24, 2.45) is 0 Å². The Morgan fingerprint density at radius 1 is 1.23 bits per heavy atom. The van der Waals surface area contributed by atoms with Gasteiger partial charge in [-0.05, 0) is 47.5 Å². The van der Waals surface area contributed by atoms with E-state index in [4.69, 9.17) is 9.15 Å². The molecule has 0 saturated heterocycles. The number of furan rings is 1. The second-order valence-corrected chi connectivity index (χ2v) is 5.66. The topological polar surface area (TPSA) is 68.5 Å². The molecule has 0 aliphatic heterocycles. The Balaban J connectivity index is 1.82. The summed E-state index contributed by atoms with van der Waals surface area (Å²) in [6, 6.07) is 10.7. The molecule has 5 nitrogen and oxygen atoms in total. The van der Waals surface area contributed by atoms with Crippen molar-refractivity contribution in [3.63, 3.8) is 0 Å². The number of nitrogens with one attached hydrogen (secondary N) is 1. The molecule has 1 amide bonds. The normalized spacial score (nSPS) is 11.8.